The van der Waals surface area contributed by atoms with Crippen molar-refractivity contribution in [3.05, 3.63) is 34.9 Å². The molecule has 1 atom stereocenters. The molecule has 0 bridgehead atoms. The van der Waals surface area contributed by atoms with Crippen molar-refractivity contribution in [2.75, 3.05) is 19.6 Å². The summed E-state index contributed by atoms with van der Waals surface area (Å²) in [4.78, 5) is 2.52. The van der Waals surface area contributed by atoms with Crippen molar-refractivity contribution in [2.45, 2.75) is 46.6 Å². The summed E-state index contributed by atoms with van der Waals surface area (Å²) in [5.74, 6) is 0. The summed E-state index contributed by atoms with van der Waals surface area (Å²) in [5.41, 5.74) is 10.1. The lowest BCUT2D eigenvalue weighted by molar-refractivity contribution is 0.202. The molecule has 2 nitrogen and oxygen atoms in total. The molecule has 0 radical (unpaired) electrons. The van der Waals surface area contributed by atoms with Gasteiger partial charge < -0.3 is 5.73 Å². The van der Waals surface area contributed by atoms with Gasteiger partial charge in [0.2, 0.25) is 0 Å². The SMILES string of the molecule is CCCN(CCC)C(CN)c1ccc(C)c(C)c1. The van der Waals surface area contributed by atoms with E-state index in [4.69, 9.17) is 5.73 Å². The second kappa shape index (κ2) is 7.55. The van der Waals surface area contributed by atoms with E-state index in [2.05, 4.69) is 50.8 Å². The molecule has 0 aliphatic heterocycles. The topological polar surface area (TPSA) is 29.3 Å². The molecule has 0 amide bonds. The monoisotopic (exact) mass is 248 g/mol. The number of rotatable bonds is 7. The molecule has 2 N–H and O–H groups in total. The Labute approximate surface area is 112 Å². The summed E-state index contributed by atoms with van der Waals surface area (Å²) < 4.78 is 0. The van der Waals surface area contributed by atoms with Crippen LogP contribution in [0.1, 0.15) is 49.4 Å². The Balaban J connectivity index is 2.94. The minimum atomic E-state index is 0.365. The molecule has 0 fully saturated rings. The van der Waals surface area contributed by atoms with E-state index in [0.717, 1.165) is 13.1 Å². The summed E-state index contributed by atoms with van der Waals surface area (Å²) in [6.45, 7) is 11.8. The van der Waals surface area contributed by atoms with Gasteiger partial charge in [0.05, 0.1) is 0 Å². The maximum absolute atomic E-state index is 6.01. The van der Waals surface area contributed by atoms with Crippen molar-refractivity contribution in [3.63, 3.8) is 0 Å². The molecule has 0 aliphatic carbocycles. The first-order chi connectivity index (χ1) is 8.63. The van der Waals surface area contributed by atoms with Crippen molar-refractivity contribution in [1.29, 1.82) is 0 Å². The Morgan fingerprint density at radius 1 is 1.06 bits per heavy atom. The molecule has 0 aromatic heterocycles. The van der Waals surface area contributed by atoms with E-state index in [0.29, 0.717) is 12.6 Å². The van der Waals surface area contributed by atoms with E-state index < -0.39 is 0 Å². The fourth-order valence-corrected chi connectivity index (χ4v) is 2.47. The van der Waals surface area contributed by atoms with E-state index in [1.807, 2.05) is 0 Å². The van der Waals surface area contributed by atoms with Gasteiger partial charge in [-0.05, 0) is 56.5 Å². The van der Waals surface area contributed by atoms with Gasteiger partial charge in [-0.3, -0.25) is 4.90 Å². The van der Waals surface area contributed by atoms with E-state index in [1.165, 1.54) is 29.5 Å². The minimum absolute atomic E-state index is 0.365. The van der Waals surface area contributed by atoms with E-state index in [9.17, 15) is 0 Å². The van der Waals surface area contributed by atoms with Gasteiger partial charge >= 0.3 is 0 Å². The first kappa shape index (κ1) is 15.2. The average molecular weight is 248 g/mol. The Morgan fingerprint density at radius 3 is 2.11 bits per heavy atom. The fourth-order valence-electron chi connectivity index (χ4n) is 2.47. The summed E-state index contributed by atoms with van der Waals surface area (Å²) in [5, 5.41) is 0. The third-order valence-corrected chi connectivity index (χ3v) is 3.60. The molecule has 1 rings (SSSR count). The highest BCUT2D eigenvalue weighted by molar-refractivity contribution is 5.32. The molecular formula is C16H28N2. The van der Waals surface area contributed by atoms with Crippen LogP contribution in [0.2, 0.25) is 0 Å². The largest absolute Gasteiger partial charge is 0.329 e. The number of nitrogens with zero attached hydrogens (tertiary/aromatic N) is 1. The van der Waals surface area contributed by atoms with Gasteiger partial charge in [0, 0.05) is 12.6 Å². The highest BCUT2D eigenvalue weighted by Gasteiger charge is 2.17. The van der Waals surface area contributed by atoms with Gasteiger partial charge in [-0.15, -0.1) is 0 Å². The van der Waals surface area contributed by atoms with E-state index >= 15 is 0 Å². The van der Waals surface area contributed by atoms with Crippen LogP contribution in [0.25, 0.3) is 0 Å². The Kier molecular flexibility index (Phi) is 6.37. The number of nitrogens with two attached hydrogens (primary N) is 1. The van der Waals surface area contributed by atoms with Crippen molar-refractivity contribution < 1.29 is 0 Å². The van der Waals surface area contributed by atoms with Crippen molar-refractivity contribution in [3.8, 4) is 0 Å². The van der Waals surface area contributed by atoms with E-state index in [1.54, 1.807) is 0 Å². The van der Waals surface area contributed by atoms with Crippen molar-refractivity contribution in [1.82, 2.24) is 4.90 Å². The zero-order valence-corrected chi connectivity index (χ0v) is 12.4. The highest BCUT2D eigenvalue weighted by atomic mass is 15.2. The first-order valence-corrected chi connectivity index (χ1v) is 7.15. The van der Waals surface area contributed by atoms with Crippen LogP contribution >= 0.6 is 0 Å². The standard InChI is InChI=1S/C16H28N2/c1-5-9-18(10-6-2)16(12-17)15-8-7-13(3)14(4)11-15/h7-8,11,16H,5-6,9-10,12,17H2,1-4H3. The first-order valence-electron chi connectivity index (χ1n) is 7.15. The normalized spacial score (nSPS) is 13.0. The van der Waals surface area contributed by atoms with Crippen molar-refractivity contribution in [2.24, 2.45) is 5.73 Å². The van der Waals surface area contributed by atoms with Gasteiger partial charge in [0.1, 0.15) is 0 Å². The van der Waals surface area contributed by atoms with Gasteiger partial charge in [-0.2, -0.15) is 0 Å². The second-order valence-electron chi connectivity index (χ2n) is 5.13. The summed E-state index contributed by atoms with van der Waals surface area (Å²) in [6.07, 6.45) is 2.36. The molecular weight excluding hydrogens is 220 g/mol. The summed E-state index contributed by atoms with van der Waals surface area (Å²) in [6, 6.07) is 7.11. The van der Waals surface area contributed by atoms with Gasteiger partial charge in [0.25, 0.3) is 0 Å². The van der Waals surface area contributed by atoms with Gasteiger partial charge in [-0.25, -0.2) is 0 Å². The van der Waals surface area contributed by atoms with Crippen LogP contribution in [-0.2, 0) is 0 Å². The second-order valence-corrected chi connectivity index (χ2v) is 5.13. The van der Waals surface area contributed by atoms with Gasteiger partial charge in [-0.1, -0.05) is 32.0 Å². The molecule has 1 aromatic carbocycles. The smallest absolute Gasteiger partial charge is 0.0470 e. The number of aryl methyl sites for hydroxylation is 2. The summed E-state index contributed by atoms with van der Waals surface area (Å²) in [7, 11) is 0. The van der Waals surface area contributed by atoms with Gasteiger partial charge in [0.15, 0.2) is 0 Å². The van der Waals surface area contributed by atoms with Crippen LogP contribution in [0.4, 0.5) is 0 Å². The molecule has 0 saturated heterocycles. The third kappa shape index (κ3) is 3.82. The van der Waals surface area contributed by atoms with Crippen LogP contribution in [-0.4, -0.2) is 24.5 Å². The lowest BCUT2D eigenvalue weighted by Gasteiger charge is -2.31. The predicted octanol–water partition coefficient (Wildman–Crippen LogP) is 3.43. The van der Waals surface area contributed by atoms with Crippen LogP contribution in [0, 0.1) is 13.8 Å². The Hall–Kier alpha value is -0.860. The van der Waals surface area contributed by atoms with Crippen LogP contribution < -0.4 is 5.73 Å². The molecule has 0 spiro atoms. The Morgan fingerprint density at radius 2 is 1.67 bits per heavy atom. The number of hydrogen-bond acceptors (Lipinski definition) is 2. The summed E-state index contributed by atoms with van der Waals surface area (Å²) >= 11 is 0. The highest BCUT2D eigenvalue weighted by Crippen LogP contribution is 2.22. The van der Waals surface area contributed by atoms with Crippen LogP contribution in [0.15, 0.2) is 18.2 Å². The molecule has 18 heavy (non-hydrogen) atoms. The third-order valence-electron chi connectivity index (χ3n) is 3.60. The molecule has 0 heterocycles. The predicted molar refractivity (Wildman–Crippen MR) is 79.9 cm³/mol. The van der Waals surface area contributed by atoms with E-state index in [-0.39, 0.29) is 0 Å². The fraction of sp³-hybridized carbons (Fsp3) is 0.625. The number of hydrogen-bond donors (Lipinski definition) is 1. The average Bonchev–Trinajstić information content (AvgIpc) is 2.35. The lowest BCUT2D eigenvalue weighted by Crippen LogP contribution is -2.35. The molecule has 2 heteroatoms. The zero-order valence-electron chi connectivity index (χ0n) is 12.4. The maximum atomic E-state index is 6.01. The van der Waals surface area contributed by atoms with Crippen molar-refractivity contribution >= 4 is 0 Å². The Bertz CT molecular complexity index is 354. The van der Waals surface area contributed by atoms with Crippen LogP contribution in [0.3, 0.4) is 0 Å². The quantitative estimate of drug-likeness (QED) is 0.801. The molecule has 1 aromatic rings. The van der Waals surface area contributed by atoms with Crippen LogP contribution in [0.5, 0.6) is 0 Å². The molecule has 1 unspecified atom stereocenters. The molecule has 0 saturated carbocycles. The zero-order chi connectivity index (χ0) is 13.5. The number of benzene rings is 1. The minimum Gasteiger partial charge on any atom is -0.329 e. The lowest BCUT2D eigenvalue weighted by atomic mass is 9.99. The molecule has 102 valence electrons. The maximum Gasteiger partial charge on any atom is 0.0470 e. The molecule has 0 aliphatic rings.